The zero-order valence-corrected chi connectivity index (χ0v) is 9.48. The van der Waals surface area contributed by atoms with Gasteiger partial charge in [-0.2, -0.15) is 0 Å². The predicted molar refractivity (Wildman–Crippen MR) is 58.7 cm³/mol. The van der Waals surface area contributed by atoms with E-state index in [0.29, 0.717) is 6.04 Å². The van der Waals surface area contributed by atoms with Gasteiger partial charge in [-0.1, -0.05) is 6.92 Å². The minimum atomic E-state index is -0.610. The van der Waals surface area contributed by atoms with Crippen LogP contribution < -0.4 is 0 Å². The Balaban J connectivity index is 1.83. The third-order valence-electron chi connectivity index (χ3n) is 4.07. The lowest BCUT2D eigenvalue weighted by Crippen LogP contribution is -2.36. The van der Waals surface area contributed by atoms with E-state index in [-0.39, 0.29) is 5.92 Å². The van der Waals surface area contributed by atoms with Gasteiger partial charge < -0.3 is 5.11 Å². The third-order valence-corrected chi connectivity index (χ3v) is 4.07. The van der Waals surface area contributed by atoms with E-state index in [1.54, 1.807) is 0 Å². The van der Waals surface area contributed by atoms with Gasteiger partial charge in [-0.3, -0.25) is 9.69 Å². The lowest BCUT2D eigenvalue weighted by molar-refractivity contribution is -0.141. The molecule has 2 fully saturated rings. The molecule has 0 aromatic heterocycles. The largest absolute Gasteiger partial charge is 0.481 e. The Morgan fingerprint density at radius 3 is 2.40 bits per heavy atom. The van der Waals surface area contributed by atoms with Crippen molar-refractivity contribution in [1.82, 2.24) is 4.90 Å². The first-order valence-corrected chi connectivity index (χ1v) is 6.13. The van der Waals surface area contributed by atoms with Gasteiger partial charge in [-0.25, -0.2) is 0 Å². The summed E-state index contributed by atoms with van der Waals surface area (Å²) in [6.07, 6.45) is 6.03. The van der Waals surface area contributed by atoms with Crippen LogP contribution in [0.5, 0.6) is 0 Å². The number of nitrogens with zero attached hydrogens (tertiary/aromatic N) is 1. The molecule has 1 atom stereocenters. The summed E-state index contributed by atoms with van der Waals surface area (Å²) in [6, 6.07) is 0.672. The van der Waals surface area contributed by atoms with Gasteiger partial charge in [0.05, 0.1) is 5.92 Å². The highest BCUT2D eigenvalue weighted by molar-refractivity contribution is 5.70. The zero-order chi connectivity index (χ0) is 10.8. The summed E-state index contributed by atoms with van der Waals surface area (Å²) in [7, 11) is 0. The molecule has 1 aliphatic heterocycles. The lowest BCUT2D eigenvalue weighted by Gasteiger charge is -2.33. The minimum absolute atomic E-state index is 0.107. The summed E-state index contributed by atoms with van der Waals surface area (Å²) in [5.41, 5.74) is 0. The van der Waals surface area contributed by atoms with Crippen molar-refractivity contribution >= 4 is 5.97 Å². The van der Waals surface area contributed by atoms with Crippen molar-refractivity contribution in [3.8, 4) is 0 Å². The third kappa shape index (κ3) is 2.51. The van der Waals surface area contributed by atoms with Crippen LogP contribution in [0.3, 0.4) is 0 Å². The fourth-order valence-electron chi connectivity index (χ4n) is 2.93. The summed E-state index contributed by atoms with van der Waals surface area (Å²) in [5, 5.41) is 8.94. The maximum Gasteiger partial charge on any atom is 0.307 e. The van der Waals surface area contributed by atoms with Crippen LogP contribution in [-0.4, -0.2) is 35.1 Å². The molecular formula is C12H21NO2. The number of rotatable bonds is 2. The van der Waals surface area contributed by atoms with Crippen LogP contribution in [0.4, 0.5) is 0 Å². The van der Waals surface area contributed by atoms with Gasteiger partial charge >= 0.3 is 5.97 Å². The van der Waals surface area contributed by atoms with Gasteiger partial charge in [-0.05, 0) is 44.6 Å². The minimum Gasteiger partial charge on any atom is -0.481 e. The molecule has 0 spiro atoms. The van der Waals surface area contributed by atoms with Gasteiger partial charge in [0.25, 0.3) is 0 Å². The van der Waals surface area contributed by atoms with Crippen molar-refractivity contribution in [2.75, 3.05) is 13.1 Å². The first-order chi connectivity index (χ1) is 7.16. The molecule has 0 amide bonds. The van der Waals surface area contributed by atoms with Crippen LogP contribution >= 0.6 is 0 Å². The van der Waals surface area contributed by atoms with Crippen LogP contribution in [0, 0.1) is 11.8 Å². The first-order valence-electron chi connectivity index (χ1n) is 6.13. The Morgan fingerprint density at radius 1 is 1.20 bits per heavy atom. The molecule has 1 aliphatic carbocycles. The van der Waals surface area contributed by atoms with Crippen LogP contribution in [0.2, 0.25) is 0 Å². The average molecular weight is 211 g/mol. The van der Waals surface area contributed by atoms with E-state index in [0.717, 1.165) is 25.4 Å². The first kappa shape index (κ1) is 10.9. The van der Waals surface area contributed by atoms with Gasteiger partial charge in [0.2, 0.25) is 0 Å². The number of likely N-dealkylation sites (tertiary alicyclic amines) is 1. The van der Waals surface area contributed by atoms with Crippen LogP contribution in [0.15, 0.2) is 0 Å². The number of hydrogen-bond donors (Lipinski definition) is 1. The summed E-state index contributed by atoms with van der Waals surface area (Å²) >= 11 is 0. The zero-order valence-electron chi connectivity index (χ0n) is 9.48. The van der Waals surface area contributed by atoms with Crippen molar-refractivity contribution in [2.24, 2.45) is 11.8 Å². The summed E-state index contributed by atoms with van der Waals surface area (Å²) < 4.78 is 0. The normalized spacial score (nSPS) is 38.1. The lowest BCUT2D eigenvalue weighted by atomic mass is 9.87. The molecule has 1 heterocycles. The molecule has 3 heteroatoms. The topological polar surface area (TPSA) is 40.5 Å². The molecule has 1 saturated heterocycles. The summed E-state index contributed by atoms with van der Waals surface area (Å²) in [4.78, 5) is 13.3. The number of carbonyl (C=O) groups is 1. The molecule has 0 radical (unpaired) electrons. The highest BCUT2D eigenvalue weighted by atomic mass is 16.4. The molecule has 15 heavy (non-hydrogen) atoms. The Labute approximate surface area is 91.5 Å². The number of hydrogen-bond acceptors (Lipinski definition) is 2. The number of carboxylic acid groups (broad SMARTS) is 1. The van der Waals surface area contributed by atoms with Gasteiger partial charge in [0.1, 0.15) is 0 Å². The van der Waals surface area contributed by atoms with E-state index in [9.17, 15) is 4.79 Å². The van der Waals surface area contributed by atoms with Gasteiger partial charge in [0, 0.05) is 12.6 Å². The Bertz CT molecular complexity index is 234. The number of carboxylic acids is 1. The Morgan fingerprint density at radius 2 is 1.87 bits per heavy atom. The van der Waals surface area contributed by atoms with Crippen LogP contribution in [-0.2, 0) is 4.79 Å². The summed E-state index contributed by atoms with van der Waals surface area (Å²) in [6.45, 7) is 4.10. The summed E-state index contributed by atoms with van der Waals surface area (Å²) in [5.74, 6) is 0.158. The SMILES string of the molecule is CC1CCC(N2CC[C@@H](C(=O)O)C2)CC1. The molecule has 1 saturated carbocycles. The van der Waals surface area contributed by atoms with E-state index in [1.165, 1.54) is 25.7 Å². The second-order valence-electron chi connectivity index (χ2n) is 5.23. The Hall–Kier alpha value is -0.570. The maximum atomic E-state index is 10.9. The van der Waals surface area contributed by atoms with Crippen molar-refractivity contribution in [3.05, 3.63) is 0 Å². The predicted octanol–water partition coefficient (Wildman–Crippen LogP) is 1.97. The monoisotopic (exact) mass is 211 g/mol. The van der Waals surface area contributed by atoms with Crippen molar-refractivity contribution in [1.29, 1.82) is 0 Å². The molecule has 0 bridgehead atoms. The van der Waals surface area contributed by atoms with E-state index >= 15 is 0 Å². The van der Waals surface area contributed by atoms with Gasteiger partial charge in [0.15, 0.2) is 0 Å². The second-order valence-corrected chi connectivity index (χ2v) is 5.23. The smallest absolute Gasteiger partial charge is 0.307 e. The molecule has 0 aromatic carbocycles. The fraction of sp³-hybridized carbons (Fsp3) is 0.917. The Kier molecular flexibility index (Phi) is 3.29. The van der Waals surface area contributed by atoms with Crippen molar-refractivity contribution in [3.63, 3.8) is 0 Å². The number of aliphatic carboxylic acids is 1. The standard InChI is InChI=1S/C12H21NO2/c1-9-2-4-11(5-3-9)13-7-6-10(8-13)12(14)15/h9-11H,2-8H2,1H3,(H,14,15)/t9?,10-,11?/m1/s1. The molecule has 86 valence electrons. The van der Waals surface area contributed by atoms with E-state index in [2.05, 4.69) is 11.8 Å². The van der Waals surface area contributed by atoms with Crippen LogP contribution in [0.1, 0.15) is 39.0 Å². The quantitative estimate of drug-likeness (QED) is 0.759. The molecule has 3 nitrogen and oxygen atoms in total. The highest BCUT2D eigenvalue weighted by Gasteiger charge is 2.33. The fourth-order valence-corrected chi connectivity index (χ4v) is 2.93. The molecule has 2 aliphatic rings. The van der Waals surface area contributed by atoms with Crippen LogP contribution in [0.25, 0.3) is 0 Å². The van der Waals surface area contributed by atoms with Crippen molar-refractivity contribution in [2.45, 2.75) is 45.1 Å². The van der Waals surface area contributed by atoms with E-state index < -0.39 is 5.97 Å². The average Bonchev–Trinajstić information content (AvgIpc) is 2.68. The molecular weight excluding hydrogens is 190 g/mol. The molecule has 0 unspecified atom stereocenters. The van der Waals surface area contributed by atoms with E-state index in [1.807, 2.05) is 0 Å². The highest BCUT2D eigenvalue weighted by Crippen LogP contribution is 2.30. The molecule has 2 rings (SSSR count). The molecule has 0 aromatic rings. The maximum absolute atomic E-state index is 10.9. The van der Waals surface area contributed by atoms with E-state index in [4.69, 9.17) is 5.11 Å². The van der Waals surface area contributed by atoms with Gasteiger partial charge in [-0.15, -0.1) is 0 Å². The molecule has 1 N–H and O–H groups in total. The van der Waals surface area contributed by atoms with Crippen molar-refractivity contribution < 1.29 is 9.90 Å². The second kappa shape index (κ2) is 4.52.